The van der Waals surface area contributed by atoms with Gasteiger partial charge in [-0.3, -0.25) is 43.2 Å². The number of H-pyrrole nitrogens is 1. The number of likely N-dealkylation sites (tertiary alicyclic amines) is 1. The van der Waals surface area contributed by atoms with Gasteiger partial charge in [0.1, 0.15) is 48.8 Å². The lowest BCUT2D eigenvalue weighted by Crippen LogP contribution is -2.63. The Hall–Kier alpha value is -5.47. The van der Waals surface area contributed by atoms with Crippen molar-refractivity contribution in [1.82, 2.24) is 47.1 Å². The quantitative estimate of drug-likeness (QED) is 0.0439. The average molecular weight is 939 g/mol. The summed E-state index contributed by atoms with van der Waals surface area (Å²) in [6.07, 6.45) is 0.856. The summed E-state index contributed by atoms with van der Waals surface area (Å²) >= 11 is 8.14. The van der Waals surface area contributed by atoms with Gasteiger partial charge >= 0.3 is 5.97 Å². The van der Waals surface area contributed by atoms with E-state index in [1.807, 2.05) is 24.3 Å². The van der Waals surface area contributed by atoms with Gasteiger partial charge < -0.3 is 73.3 Å². The van der Waals surface area contributed by atoms with E-state index in [1.54, 1.807) is 6.20 Å². The number of fused-ring (bicyclic) bond motifs is 1. The third-order valence-electron chi connectivity index (χ3n) is 10.3. The van der Waals surface area contributed by atoms with E-state index >= 15 is 0 Å². The summed E-state index contributed by atoms with van der Waals surface area (Å²) in [5.41, 5.74) is 7.80. The molecule has 1 saturated heterocycles. The van der Waals surface area contributed by atoms with Gasteiger partial charge in [0.2, 0.25) is 47.3 Å². The largest absolute Gasteiger partial charge is 0.480 e. The molecule has 1 aliphatic rings. The number of carboxylic acid groups (broad SMARTS) is 1. The maximum atomic E-state index is 13.6. The zero-order chi connectivity index (χ0) is 47.8. The molecule has 0 spiro atoms. The highest BCUT2D eigenvalue weighted by Gasteiger charge is 2.40. The van der Waals surface area contributed by atoms with Gasteiger partial charge in [-0.05, 0) is 43.7 Å². The molecule has 3 rings (SSSR count). The highest BCUT2D eigenvalue weighted by molar-refractivity contribution is 7.80. The van der Waals surface area contributed by atoms with E-state index in [1.165, 1.54) is 25.7 Å². The number of carbonyl (C=O) groups excluding carboxylic acids is 8. The van der Waals surface area contributed by atoms with Crippen molar-refractivity contribution in [3.8, 4) is 0 Å². The van der Waals surface area contributed by atoms with Gasteiger partial charge in [0.15, 0.2) is 0 Å². The van der Waals surface area contributed by atoms with Gasteiger partial charge in [-0.2, -0.15) is 25.3 Å². The van der Waals surface area contributed by atoms with Crippen LogP contribution in [0.5, 0.6) is 0 Å². The fourth-order valence-corrected chi connectivity index (χ4v) is 7.22. The minimum atomic E-state index is -1.68. The molecule has 0 saturated carbocycles. The van der Waals surface area contributed by atoms with Crippen molar-refractivity contribution >= 4 is 89.4 Å². The molecule has 8 amide bonds. The number of rotatable bonds is 24. The molecule has 9 unspecified atom stereocenters. The van der Waals surface area contributed by atoms with E-state index in [0.717, 1.165) is 16.5 Å². The van der Waals surface area contributed by atoms with Crippen LogP contribution in [0.15, 0.2) is 30.5 Å². The number of nitrogens with two attached hydrogens (primary N) is 1. The number of nitrogens with one attached hydrogen (secondary N) is 8. The molecule has 25 heteroatoms. The average Bonchev–Trinajstić information content (AvgIpc) is 3.92. The van der Waals surface area contributed by atoms with Crippen LogP contribution in [0, 0.1) is 5.92 Å². The van der Waals surface area contributed by atoms with E-state index in [2.05, 4.69) is 67.5 Å². The zero-order valence-corrected chi connectivity index (χ0v) is 37.2. The number of hydrogen-bond donors (Lipinski definition) is 15. The molecule has 1 aromatic carbocycles. The molecule has 1 fully saturated rings. The second-order valence-electron chi connectivity index (χ2n) is 15.4. The molecule has 0 aliphatic carbocycles. The fraction of sp³-hybridized carbons (Fsp3) is 0.564. The van der Waals surface area contributed by atoms with Crippen LogP contribution < -0.4 is 43.0 Å². The number of nitrogens with zero attached hydrogens (tertiary/aromatic N) is 1. The normalized spacial score (nSPS) is 17.4. The summed E-state index contributed by atoms with van der Waals surface area (Å²) in [7, 11) is 0. The maximum absolute atomic E-state index is 13.6. The van der Waals surface area contributed by atoms with Crippen LogP contribution in [0.1, 0.15) is 39.2 Å². The topological polar surface area (TPSA) is 364 Å². The van der Waals surface area contributed by atoms with Crippen molar-refractivity contribution in [2.75, 3.05) is 37.8 Å². The Morgan fingerprint density at radius 2 is 1.33 bits per heavy atom. The van der Waals surface area contributed by atoms with Gasteiger partial charge in [-0.25, -0.2) is 0 Å². The molecular weight excluding hydrogens is 881 g/mol. The summed E-state index contributed by atoms with van der Waals surface area (Å²) in [5.74, 6) is -9.78. The number of aliphatic carboxylic acids is 1. The van der Waals surface area contributed by atoms with Gasteiger partial charge in [-0.15, -0.1) is 0 Å². The molecule has 1 aromatic heterocycles. The first-order valence-corrected chi connectivity index (χ1v) is 21.6. The molecule has 0 bridgehead atoms. The number of thiol groups is 2. The Balaban J connectivity index is 1.61. The first-order valence-electron chi connectivity index (χ1n) is 20.3. The predicted molar refractivity (Wildman–Crippen MR) is 235 cm³/mol. The van der Waals surface area contributed by atoms with Gasteiger partial charge in [0.25, 0.3) is 0 Å². The molecule has 14 N–H and O–H groups in total. The lowest BCUT2D eigenvalue weighted by Gasteiger charge is -2.30. The van der Waals surface area contributed by atoms with Gasteiger partial charge in [0.05, 0.1) is 25.4 Å². The maximum Gasteiger partial charge on any atom is 0.322 e. The first kappa shape index (κ1) is 52.9. The summed E-state index contributed by atoms with van der Waals surface area (Å²) in [6, 6.07) is -3.75. The molecule has 1 aliphatic heterocycles. The van der Waals surface area contributed by atoms with Crippen LogP contribution in [-0.2, 0) is 49.6 Å². The van der Waals surface area contributed by atoms with Crippen LogP contribution >= 0.6 is 25.3 Å². The molecule has 2 aromatic rings. The van der Waals surface area contributed by atoms with Crippen LogP contribution in [-0.4, -0.2) is 176 Å². The summed E-state index contributed by atoms with van der Waals surface area (Å²) in [4.78, 5) is 121. The van der Waals surface area contributed by atoms with E-state index < -0.39 is 133 Å². The van der Waals surface area contributed by atoms with Crippen LogP contribution in [0.2, 0.25) is 0 Å². The van der Waals surface area contributed by atoms with Crippen molar-refractivity contribution in [2.45, 2.75) is 94.5 Å². The monoisotopic (exact) mass is 938 g/mol. The Kier molecular flexibility index (Phi) is 20.8. The molecule has 0 radical (unpaired) electrons. The zero-order valence-electron chi connectivity index (χ0n) is 35.4. The number of aliphatic hydroxyl groups is 3. The molecule has 2 heterocycles. The van der Waals surface area contributed by atoms with E-state index in [0.29, 0.717) is 6.42 Å². The number of aromatic nitrogens is 1. The van der Waals surface area contributed by atoms with Gasteiger partial charge in [-0.1, -0.05) is 32.0 Å². The van der Waals surface area contributed by atoms with Crippen LogP contribution in [0.25, 0.3) is 10.9 Å². The predicted octanol–water partition coefficient (Wildman–Crippen LogP) is -4.98. The van der Waals surface area contributed by atoms with E-state index in [4.69, 9.17) is 10.8 Å². The number of carboxylic acids is 1. The lowest BCUT2D eigenvalue weighted by atomic mass is 10.0. The fourth-order valence-electron chi connectivity index (χ4n) is 6.70. The number of para-hydroxylation sites is 1. The molecule has 9 atom stereocenters. The number of carbonyl (C=O) groups is 9. The van der Waals surface area contributed by atoms with Crippen molar-refractivity contribution in [2.24, 2.45) is 11.7 Å². The molecule has 354 valence electrons. The number of aromatic amines is 1. The van der Waals surface area contributed by atoms with Crippen molar-refractivity contribution < 1.29 is 63.6 Å². The van der Waals surface area contributed by atoms with Crippen LogP contribution in [0.4, 0.5) is 0 Å². The number of benzene rings is 1. The first-order chi connectivity index (χ1) is 30.3. The second kappa shape index (κ2) is 25.1. The van der Waals surface area contributed by atoms with Crippen LogP contribution in [0.3, 0.4) is 0 Å². The Morgan fingerprint density at radius 1 is 0.766 bits per heavy atom. The third kappa shape index (κ3) is 14.5. The standard InChI is InChI=1S/C39H58N10O13S2/c1-18(2)30(37(60)48-31(19(3)52)38(61)46-26(16-63)33(56)42-13-29(53)54)47-34(57)24(14-50)43-35(58)27(17-64)45-36(59)28-9-6-10-49(28)39(62)25(15-51)44-32(55)22(40)11-20-12-41-23-8-5-4-7-21(20)23/h4-5,7-8,12,18-19,22,24-28,30-31,41,50-52,63-64H,6,9-11,13-17,40H2,1-3H3,(H,42,56)(H,43,58)(H,44,55)(H,45,59)(H,46,61)(H,47,57)(H,48,60)(H,53,54). The van der Waals surface area contributed by atoms with Crippen molar-refractivity contribution in [1.29, 1.82) is 0 Å². The summed E-state index contributed by atoms with van der Waals surface area (Å²) < 4.78 is 0. The smallest absolute Gasteiger partial charge is 0.322 e. The summed E-state index contributed by atoms with van der Waals surface area (Å²) in [5, 5.41) is 56.5. The van der Waals surface area contributed by atoms with Gasteiger partial charge in [0, 0.05) is 35.2 Å². The Bertz CT molecular complexity index is 2000. The highest BCUT2D eigenvalue weighted by atomic mass is 32.1. The second-order valence-corrected chi connectivity index (χ2v) is 16.1. The number of amides is 8. The number of hydrogen-bond acceptors (Lipinski definition) is 15. The molecule has 64 heavy (non-hydrogen) atoms. The van der Waals surface area contributed by atoms with Crippen molar-refractivity contribution in [3.05, 3.63) is 36.0 Å². The number of aliphatic hydroxyl groups excluding tert-OH is 3. The Labute approximate surface area is 379 Å². The van der Waals surface area contributed by atoms with E-state index in [9.17, 15) is 58.5 Å². The summed E-state index contributed by atoms with van der Waals surface area (Å²) in [6.45, 7) is 1.79. The molecular formula is C39H58N10O13S2. The highest BCUT2D eigenvalue weighted by Crippen LogP contribution is 2.21. The molecule has 23 nitrogen and oxygen atoms in total. The van der Waals surface area contributed by atoms with Crippen molar-refractivity contribution in [3.63, 3.8) is 0 Å². The Morgan fingerprint density at radius 3 is 1.92 bits per heavy atom. The van der Waals surface area contributed by atoms with E-state index in [-0.39, 0.29) is 30.9 Å². The SMILES string of the molecule is CC(C)C(NC(=O)C(CO)NC(=O)C(CS)NC(=O)C1CCCN1C(=O)C(CO)NC(=O)C(N)Cc1c[nH]c2ccccc12)C(=O)NC(C(=O)NC(CS)C(=O)NCC(=O)O)C(C)O. The third-order valence-corrected chi connectivity index (χ3v) is 11.0. The lowest BCUT2D eigenvalue weighted by molar-refractivity contribution is -0.143. The minimum absolute atomic E-state index is 0.0876. The minimum Gasteiger partial charge on any atom is -0.480 e.